The van der Waals surface area contributed by atoms with Crippen molar-refractivity contribution in [1.29, 1.82) is 0 Å². The van der Waals surface area contributed by atoms with Crippen molar-refractivity contribution in [3.8, 4) is 0 Å². The highest BCUT2D eigenvalue weighted by Gasteiger charge is 2.12. The van der Waals surface area contributed by atoms with E-state index in [0.717, 1.165) is 11.5 Å². The van der Waals surface area contributed by atoms with Crippen molar-refractivity contribution in [3.63, 3.8) is 0 Å². The number of nitrogens with zero attached hydrogens (tertiary/aromatic N) is 3. The molecular formula is C15H20N4O2. The second kappa shape index (κ2) is 6.30. The van der Waals surface area contributed by atoms with Crippen LogP contribution in [-0.2, 0) is 18.3 Å². The molecule has 2 rings (SSSR count). The average Bonchev–Trinajstić information content (AvgIpc) is 2.84. The fourth-order valence-electron chi connectivity index (χ4n) is 2.09. The zero-order valence-electron chi connectivity index (χ0n) is 12.5. The molecule has 0 aliphatic rings. The number of aromatic nitrogens is 2. The Hall–Kier alpha value is -2.50. The third-order valence-electron chi connectivity index (χ3n) is 3.25. The van der Waals surface area contributed by atoms with E-state index in [9.17, 15) is 4.79 Å². The van der Waals surface area contributed by atoms with Crippen molar-refractivity contribution in [3.05, 3.63) is 42.0 Å². The Balaban J connectivity index is 2.17. The summed E-state index contributed by atoms with van der Waals surface area (Å²) in [5.74, 6) is 0.578. The smallest absolute Gasteiger partial charge is 0.338 e. The van der Waals surface area contributed by atoms with Crippen LogP contribution in [0.4, 0.5) is 11.4 Å². The summed E-state index contributed by atoms with van der Waals surface area (Å²) in [6.07, 6.45) is 3.66. The number of nitrogen functional groups attached to an aromatic ring is 1. The van der Waals surface area contributed by atoms with Gasteiger partial charge in [-0.2, -0.15) is 0 Å². The molecule has 1 aromatic carbocycles. The molecule has 0 saturated carbocycles. The number of rotatable bonds is 5. The summed E-state index contributed by atoms with van der Waals surface area (Å²) in [5.41, 5.74) is 7.90. The molecule has 0 spiro atoms. The van der Waals surface area contributed by atoms with Gasteiger partial charge in [0.15, 0.2) is 0 Å². The van der Waals surface area contributed by atoms with Crippen LogP contribution in [0.5, 0.6) is 0 Å². The summed E-state index contributed by atoms with van der Waals surface area (Å²) in [6.45, 7) is 2.75. The predicted molar refractivity (Wildman–Crippen MR) is 82.1 cm³/mol. The third-order valence-corrected chi connectivity index (χ3v) is 3.25. The molecule has 0 amide bonds. The molecule has 1 heterocycles. The second-order valence-corrected chi connectivity index (χ2v) is 4.80. The van der Waals surface area contributed by atoms with Gasteiger partial charge in [-0.1, -0.05) is 0 Å². The summed E-state index contributed by atoms with van der Waals surface area (Å²) < 4.78 is 6.92. The highest BCUT2D eigenvalue weighted by molar-refractivity contribution is 5.92. The van der Waals surface area contributed by atoms with E-state index in [-0.39, 0.29) is 5.97 Å². The molecular weight excluding hydrogens is 268 g/mol. The summed E-state index contributed by atoms with van der Waals surface area (Å²) in [6, 6.07) is 5.19. The SMILES string of the molecule is CCOC(=O)c1ccc(N(C)Cc2nccn2C)c(N)c1. The van der Waals surface area contributed by atoms with Gasteiger partial charge in [-0.15, -0.1) is 0 Å². The molecule has 0 bridgehead atoms. The highest BCUT2D eigenvalue weighted by atomic mass is 16.5. The summed E-state index contributed by atoms with van der Waals surface area (Å²) in [7, 11) is 3.88. The number of aryl methyl sites for hydroxylation is 1. The van der Waals surface area contributed by atoms with Gasteiger partial charge < -0.3 is 19.9 Å². The number of carbonyl (C=O) groups excluding carboxylic acids is 1. The predicted octanol–water partition coefficient (Wildman–Crippen LogP) is 1.82. The van der Waals surface area contributed by atoms with Gasteiger partial charge in [0.05, 0.1) is 30.1 Å². The maximum Gasteiger partial charge on any atom is 0.338 e. The van der Waals surface area contributed by atoms with Crippen molar-refractivity contribution in [2.75, 3.05) is 24.3 Å². The molecule has 0 aliphatic heterocycles. The van der Waals surface area contributed by atoms with Crippen LogP contribution in [-0.4, -0.2) is 29.2 Å². The fourth-order valence-corrected chi connectivity index (χ4v) is 2.09. The first-order valence-electron chi connectivity index (χ1n) is 6.77. The number of hydrogen-bond acceptors (Lipinski definition) is 5. The van der Waals surface area contributed by atoms with Crippen LogP contribution in [0.2, 0.25) is 0 Å². The van der Waals surface area contributed by atoms with E-state index >= 15 is 0 Å². The topological polar surface area (TPSA) is 73.4 Å². The molecule has 0 atom stereocenters. The van der Waals surface area contributed by atoms with E-state index in [1.807, 2.05) is 35.8 Å². The van der Waals surface area contributed by atoms with Gasteiger partial charge in [0.1, 0.15) is 5.82 Å². The molecule has 1 aromatic heterocycles. The first-order chi connectivity index (χ1) is 10.0. The maximum atomic E-state index is 11.7. The lowest BCUT2D eigenvalue weighted by atomic mass is 10.1. The van der Waals surface area contributed by atoms with Gasteiger partial charge >= 0.3 is 5.97 Å². The molecule has 0 saturated heterocycles. The summed E-state index contributed by atoms with van der Waals surface area (Å²) in [4.78, 5) is 18.0. The van der Waals surface area contributed by atoms with Crippen molar-refractivity contribution in [2.24, 2.45) is 7.05 Å². The highest BCUT2D eigenvalue weighted by Crippen LogP contribution is 2.24. The van der Waals surface area contributed by atoms with Gasteiger partial charge in [0.25, 0.3) is 0 Å². The number of benzene rings is 1. The van der Waals surface area contributed by atoms with E-state index < -0.39 is 0 Å². The van der Waals surface area contributed by atoms with E-state index in [4.69, 9.17) is 10.5 Å². The van der Waals surface area contributed by atoms with Crippen LogP contribution in [0.25, 0.3) is 0 Å². The number of esters is 1. The number of anilines is 2. The minimum absolute atomic E-state index is 0.347. The van der Waals surface area contributed by atoms with Gasteiger partial charge in [0, 0.05) is 26.5 Å². The third kappa shape index (κ3) is 3.34. The van der Waals surface area contributed by atoms with Crippen LogP contribution in [0, 0.1) is 0 Å². The van der Waals surface area contributed by atoms with E-state index in [1.54, 1.807) is 25.3 Å². The lowest BCUT2D eigenvalue weighted by molar-refractivity contribution is 0.0526. The Morgan fingerprint density at radius 3 is 2.81 bits per heavy atom. The molecule has 0 fully saturated rings. The number of carbonyl (C=O) groups is 1. The molecule has 2 N–H and O–H groups in total. The van der Waals surface area contributed by atoms with Crippen LogP contribution in [0.3, 0.4) is 0 Å². The van der Waals surface area contributed by atoms with Gasteiger partial charge in [0.2, 0.25) is 0 Å². The molecule has 0 unspecified atom stereocenters. The fraction of sp³-hybridized carbons (Fsp3) is 0.333. The molecule has 112 valence electrons. The van der Waals surface area contributed by atoms with Gasteiger partial charge in [-0.3, -0.25) is 0 Å². The van der Waals surface area contributed by atoms with Gasteiger partial charge in [-0.25, -0.2) is 9.78 Å². The summed E-state index contributed by atoms with van der Waals surface area (Å²) >= 11 is 0. The summed E-state index contributed by atoms with van der Waals surface area (Å²) in [5, 5.41) is 0. The standard InChI is InChI=1S/C15H20N4O2/c1-4-21-15(20)11-5-6-13(12(16)9-11)19(3)10-14-17-7-8-18(14)2/h5-9H,4,10,16H2,1-3H3. The first kappa shape index (κ1) is 14.9. The van der Waals surface area contributed by atoms with Gasteiger partial charge in [-0.05, 0) is 25.1 Å². The molecule has 2 aromatic rings. The van der Waals surface area contributed by atoms with E-state index in [0.29, 0.717) is 24.4 Å². The molecule has 21 heavy (non-hydrogen) atoms. The van der Waals surface area contributed by atoms with Crippen LogP contribution in [0.1, 0.15) is 23.1 Å². The van der Waals surface area contributed by atoms with Crippen molar-refractivity contribution < 1.29 is 9.53 Å². The zero-order chi connectivity index (χ0) is 15.4. The Morgan fingerprint density at radius 1 is 1.48 bits per heavy atom. The quantitative estimate of drug-likeness (QED) is 0.671. The molecule has 0 radical (unpaired) electrons. The zero-order valence-corrected chi connectivity index (χ0v) is 12.5. The van der Waals surface area contributed by atoms with Crippen LogP contribution in [0.15, 0.2) is 30.6 Å². The van der Waals surface area contributed by atoms with Crippen LogP contribution < -0.4 is 10.6 Å². The van der Waals surface area contributed by atoms with E-state index in [2.05, 4.69) is 4.98 Å². The first-order valence-corrected chi connectivity index (χ1v) is 6.77. The number of nitrogens with two attached hydrogens (primary N) is 1. The van der Waals surface area contributed by atoms with Crippen molar-refractivity contribution >= 4 is 17.3 Å². The minimum atomic E-state index is -0.359. The van der Waals surface area contributed by atoms with E-state index in [1.165, 1.54) is 0 Å². The largest absolute Gasteiger partial charge is 0.462 e. The lowest BCUT2D eigenvalue weighted by Gasteiger charge is -2.21. The molecule has 6 heteroatoms. The number of imidazole rings is 1. The Kier molecular flexibility index (Phi) is 4.47. The Labute approximate surface area is 124 Å². The van der Waals surface area contributed by atoms with Crippen molar-refractivity contribution in [2.45, 2.75) is 13.5 Å². The number of ether oxygens (including phenoxy) is 1. The molecule has 6 nitrogen and oxygen atoms in total. The lowest BCUT2D eigenvalue weighted by Crippen LogP contribution is -2.20. The number of hydrogen-bond donors (Lipinski definition) is 1. The van der Waals surface area contributed by atoms with Crippen molar-refractivity contribution in [1.82, 2.24) is 9.55 Å². The monoisotopic (exact) mass is 288 g/mol. The minimum Gasteiger partial charge on any atom is -0.462 e. The van der Waals surface area contributed by atoms with Crippen LogP contribution >= 0.6 is 0 Å². The Bertz CT molecular complexity index is 636. The average molecular weight is 288 g/mol. The Morgan fingerprint density at radius 2 is 2.24 bits per heavy atom. The maximum absolute atomic E-state index is 11.7. The normalized spacial score (nSPS) is 10.4. The second-order valence-electron chi connectivity index (χ2n) is 4.80. The molecule has 0 aliphatic carbocycles.